The summed E-state index contributed by atoms with van der Waals surface area (Å²) in [7, 11) is 0. The van der Waals surface area contributed by atoms with Gasteiger partial charge in [-0.3, -0.25) is 0 Å². The van der Waals surface area contributed by atoms with Crippen molar-refractivity contribution in [3.05, 3.63) is 0 Å². The number of hydrogen-bond acceptors (Lipinski definition) is 12. The van der Waals surface area contributed by atoms with E-state index in [4.69, 9.17) is 0 Å². The summed E-state index contributed by atoms with van der Waals surface area (Å²) in [6.07, 6.45) is 53.0. The molecule has 0 aromatic heterocycles. The molecular formula is C60H102MoO12-6. The van der Waals surface area contributed by atoms with Crippen molar-refractivity contribution in [1.29, 1.82) is 0 Å². The van der Waals surface area contributed by atoms with Gasteiger partial charge in [-0.15, -0.1) is 0 Å². The average Bonchev–Trinajstić information content (AvgIpc) is 3.36. The van der Waals surface area contributed by atoms with Gasteiger partial charge >= 0.3 is 0 Å². The van der Waals surface area contributed by atoms with Gasteiger partial charge in [0.15, 0.2) is 0 Å². The third-order valence-electron chi connectivity index (χ3n) is 16.3. The van der Waals surface area contributed by atoms with Gasteiger partial charge in [-0.1, -0.05) is 231 Å². The fourth-order valence-electron chi connectivity index (χ4n) is 12.1. The zero-order chi connectivity index (χ0) is 52.9. The summed E-state index contributed by atoms with van der Waals surface area (Å²) in [5, 5.41) is 60.8. The second-order valence-electron chi connectivity index (χ2n) is 22.6. The summed E-state index contributed by atoms with van der Waals surface area (Å²) in [4.78, 5) is 60.8. The van der Waals surface area contributed by atoms with Crippen molar-refractivity contribution in [2.24, 2.45) is 35.5 Å². The molecule has 6 fully saturated rings. The van der Waals surface area contributed by atoms with Crippen LogP contribution in [0.2, 0.25) is 0 Å². The first-order valence-corrected chi connectivity index (χ1v) is 29.9. The largest absolute Gasteiger partial charge is 0.550 e. The molecule has 73 heavy (non-hydrogen) atoms. The predicted molar refractivity (Wildman–Crippen MR) is 273 cm³/mol. The molecule has 0 amide bonds. The van der Waals surface area contributed by atoms with Gasteiger partial charge in [0.05, 0.1) is 0 Å². The number of rotatable bonds is 24. The molecule has 13 heteroatoms. The molecule has 6 saturated carbocycles. The summed E-state index contributed by atoms with van der Waals surface area (Å²) in [5.74, 6) is -0.562. The fraction of sp³-hybridized carbons (Fsp3) is 0.900. The van der Waals surface area contributed by atoms with Gasteiger partial charge in [-0.05, 0) is 113 Å². The molecule has 0 saturated heterocycles. The summed E-state index contributed by atoms with van der Waals surface area (Å²) in [5.41, 5.74) is 0. The van der Waals surface area contributed by atoms with Crippen LogP contribution in [-0.2, 0) is 49.8 Å². The molecular weight excluding hydrogens is 1010 g/mol. The van der Waals surface area contributed by atoms with Crippen LogP contribution < -0.4 is 30.6 Å². The van der Waals surface area contributed by atoms with Gasteiger partial charge < -0.3 is 59.4 Å². The topological polar surface area (TPSA) is 241 Å². The van der Waals surface area contributed by atoms with Crippen LogP contribution in [0.4, 0.5) is 0 Å². The van der Waals surface area contributed by atoms with Gasteiger partial charge in [-0.25, -0.2) is 0 Å². The molecule has 0 atom stereocenters. The Morgan fingerprint density at radius 3 is 0.425 bits per heavy atom. The molecule has 0 aromatic rings. The van der Waals surface area contributed by atoms with E-state index in [-0.39, 0.29) is 59.6 Å². The van der Waals surface area contributed by atoms with E-state index in [9.17, 15) is 59.4 Å². The van der Waals surface area contributed by atoms with Crippen LogP contribution in [0.25, 0.3) is 0 Å². The smallest absolute Gasteiger partial charge is 0.0414 e. The van der Waals surface area contributed by atoms with Gasteiger partial charge in [0.2, 0.25) is 0 Å². The van der Waals surface area contributed by atoms with Gasteiger partial charge in [0, 0.05) is 56.9 Å². The number of hydrogen-bond donors (Lipinski definition) is 0. The molecule has 0 spiro atoms. The molecule has 0 heterocycles. The van der Waals surface area contributed by atoms with Crippen LogP contribution in [0.3, 0.4) is 0 Å². The van der Waals surface area contributed by atoms with Crippen molar-refractivity contribution in [3.63, 3.8) is 0 Å². The Balaban J connectivity index is 0.000000850. The normalized spacial score (nSPS) is 19.1. The SMILES string of the molecule is O=C([O-])CCCC1CCCCC1.O=C([O-])CCCC1CCCCC1.O=C([O-])CCCC1CCCCC1.O=C([O-])CCCC1CCCCC1.O=C([O-])CCCC1CCCCC1.O=C([O-])CCCC1CCCCC1.[Mo]. The standard InChI is InChI=1S/6C10H18O2.Mo/c6*11-10(12)8-4-7-9-5-2-1-3-6-9;/h6*9H,1-8H2,(H,11,12);/p-6. The maximum Gasteiger partial charge on any atom is 0.0414 e. The number of carbonyl (C=O) groups is 6. The van der Waals surface area contributed by atoms with E-state index in [1.54, 1.807) is 0 Å². The van der Waals surface area contributed by atoms with Crippen molar-refractivity contribution in [1.82, 2.24) is 0 Å². The van der Waals surface area contributed by atoms with Gasteiger partial charge in [-0.2, -0.15) is 0 Å². The summed E-state index contributed by atoms with van der Waals surface area (Å²) in [6, 6.07) is 0. The minimum Gasteiger partial charge on any atom is -0.550 e. The minimum atomic E-state index is -0.897. The van der Waals surface area contributed by atoms with E-state index < -0.39 is 35.8 Å². The number of carboxylic acids is 6. The van der Waals surface area contributed by atoms with E-state index in [0.29, 0.717) is 0 Å². The molecule has 0 aromatic carbocycles. The first-order valence-electron chi connectivity index (χ1n) is 29.9. The Morgan fingerprint density at radius 1 is 0.219 bits per heavy atom. The van der Waals surface area contributed by atoms with Gasteiger partial charge in [0.25, 0.3) is 0 Å². The van der Waals surface area contributed by atoms with Crippen molar-refractivity contribution in [2.45, 2.75) is 308 Å². The summed E-state index contributed by atoms with van der Waals surface area (Å²) in [6.45, 7) is 0. The van der Waals surface area contributed by atoms with Crippen molar-refractivity contribution in [3.8, 4) is 0 Å². The Labute approximate surface area is 457 Å². The molecule has 0 radical (unpaired) electrons. The quantitative estimate of drug-likeness (QED) is 0.0823. The fourth-order valence-corrected chi connectivity index (χ4v) is 12.1. The molecule has 0 unspecified atom stereocenters. The molecule has 0 N–H and O–H groups in total. The Morgan fingerprint density at radius 2 is 0.329 bits per heavy atom. The number of carbonyl (C=O) groups excluding carboxylic acids is 6. The second kappa shape index (κ2) is 49.1. The van der Waals surface area contributed by atoms with Crippen molar-refractivity contribution in [2.75, 3.05) is 0 Å². The van der Waals surface area contributed by atoms with E-state index in [1.165, 1.54) is 193 Å². The summed E-state index contributed by atoms with van der Waals surface area (Å²) < 4.78 is 0. The second-order valence-corrected chi connectivity index (χ2v) is 22.6. The third kappa shape index (κ3) is 47.7. The van der Waals surface area contributed by atoms with E-state index in [1.807, 2.05) is 0 Å². The number of aliphatic carboxylic acids is 6. The summed E-state index contributed by atoms with van der Waals surface area (Å²) >= 11 is 0. The van der Waals surface area contributed by atoms with E-state index >= 15 is 0 Å². The Bertz CT molecular complexity index is 1090. The van der Waals surface area contributed by atoms with Crippen LogP contribution in [0.5, 0.6) is 0 Å². The molecule has 426 valence electrons. The van der Waals surface area contributed by atoms with Crippen LogP contribution in [0, 0.1) is 35.5 Å². The molecule has 0 aliphatic heterocycles. The monoisotopic (exact) mass is 1110 g/mol. The molecule has 0 bridgehead atoms. The minimum absolute atomic E-state index is 0. The van der Waals surface area contributed by atoms with Crippen LogP contribution in [0.1, 0.15) is 308 Å². The molecule has 6 aliphatic rings. The number of carboxylic acid groups (broad SMARTS) is 6. The molecule has 6 rings (SSSR count). The molecule has 6 aliphatic carbocycles. The predicted octanol–water partition coefficient (Wildman–Crippen LogP) is 8.92. The average molecular weight is 1110 g/mol. The van der Waals surface area contributed by atoms with Crippen LogP contribution in [-0.4, -0.2) is 35.8 Å². The Kier molecular flexibility index (Phi) is 47.4. The zero-order valence-electron chi connectivity index (χ0n) is 45.7. The molecule has 12 nitrogen and oxygen atoms in total. The van der Waals surface area contributed by atoms with Crippen LogP contribution >= 0.6 is 0 Å². The third-order valence-corrected chi connectivity index (χ3v) is 16.3. The zero-order valence-corrected chi connectivity index (χ0v) is 47.7. The first-order chi connectivity index (χ1) is 34.7. The van der Waals surface area contributed by atoms with Crippen LogP contribution in [0.15, 0.2) is 0 Å². The van der Waals surface area contributed by atoms with Crippen molar-refractivity contribution < 1.29 is 80.5 Å². The van der Waals surface area contributed by atoms with E-state index in [0.717, 1.165) is 113 Å². The maximum atomic E-state index is 10.1. The Hall–Kier alpha value is -2.49. The van der Waals surface area contributed by atoms with Crippen molar-refractivity contribution >= 4 is 35.8 Å². The first kappa shape index (κ1) is 70.5. The van der Waals surface area contributed by atoms with Gasteiger partial charge in [0.1, 0.15) is 0 Å². The maximum absolute atomic E-state index is 10.1. The van der Waals surface area contributed by atoms with E-state index in [2.05, 4.69) is 0 Å².